The second kappa shape index (κ2) is 27.1. The number of fused-ring (bicyclic) bond motifs is 2. The van der Waals surface area contributed by atoms with Crippen LogP contribution in [0.15, 0.2) is 182 Å². The molecule has 0 aliphatic rings. The summed E-state index contributed by atoms with van der Waals surface area (Å²) in [6.07, 6.45) is 0. The van der Waals surface area contributed by atoms with E-state index in [1.807, 2.05) is 158 Å². The van der Waals surface area contributed by atoms with Crippen molar-refractivity contribution in [3.8, 4) is 22.3 Å². The Morgan fingerprint density at radius 2 is 0.885 bits per heavy atom. The Balaban J connectivity index is 0.000000198. The molecule has 0 saturated heterocycles. The highest BCUT2D eigenvalue weighted by Gasteiger charge is 2.23. The molecule has 13 nitrogen and oxygen atoms in total. The van der Waals surface area contributed by atoms with E-state index in [2.05, 4.69) is 69.2 Å². The smallest absolute Gasteiger partial charge is 0.339 e. The van der Waals surface area contributed by atoms with Gasteiger partial charge in [-0.2, -0.15) is 0 Å². The monoisotopic (exact) mass is 1160 g/mol. The van der Waals surface area contributed by atoms with Crippen molar-refractivity contribution in [1.82, 2.24) is 14.5 Å². The number of nitrogens with two attached hydrogens (primary N) is 1. The van der Waals surface area contributed by atoms with Gasteiger partial charge in [0.25, 0.3) is 5.91 Å². The number of aryl methyl sites for hydroxylation is 2. The number of carboxylic acid groups (broad SMARTS) is 1. The molecule has 2 heterocycles. The lowest BCUT2D eigenvalue weighted by molar-refractivity contribution is 0.00578. The third-order valence-electron chi connectivity index (χ3n) is 14.9. The number of aromatic carboxylic acids is 1. The zero-order valence-electron chi connectivity index (χ0n) is 50.9. The second-order valence-corrected chi connectivity index (χ2v) is 23.3. The molecule has 87 heavy (non-hydrogen) atoms. The van der Waals surface area contributed by atoms with Gasteiger partial charge in [-0.15, -0.1) is 0 Å². The van der Waals surface area contributed by atoms with Crippen LogP contribution in [0.25, 0.3) is 53.7 Å². The minimum absolute atomic E-state index is 0.136. The number of benzene rings is 8. The molecule has 8 aromatic carbocycles. The number of nitrogens with one attached hydrogen (secondary N) is 1. The van der Waals surface area contributed by atoms with Gasteiger partial charge in [0, 0.05) is 64.9 Å². The van der Waals surface area contributed by atoms with Crippen molar-refractivity contribution in [3.05, 3.63) is 272 Å². The fraction of sp³-hybridized carbons (Fsp3) is 0.216. The van der Waals surface area contributed by atoms with Gasteiger partial charge in [-0.3, -0.25) is 4.79 Å². The van der Waals surface area contributed by atoms with Gasteiger partial charge in [-0.1, -0.05) is 133 Å². The lowest BCUT2D eigenvalue weighted by Gasteiger charge is -2.20. The lowest BCUT2D eigenvalue weighted by Crippen LogP contribution is -2.24. The summed E-state index contributed by atoms with van der Waals surface area (Å²) in [6.45, 7) is 35.5. The Morgan fingerprint density at radius 1 is 0.506 bits per heavy atom. The van der Waals surface area contributed by atoms with Crippen LogP contribution in [0.2, 0.25) is 0 Å². The first-order chi connectivity index (χ1) is 41.4. The van der Waals surface area contributed by atoms with E-state index in [-0.39, 0.29) is 17.8 Å². The number of carboxylic acids is 1. The Hall–Kier alpha value is -10.3. The van der Waals surface area contributed by atoms with E-state index in [4.69, 9.17) is 28.4 Å². The number of ether oxygens (including phenoxy) is 2. The number of hydrogen-bond donors (Lipinski definition) is 3. The van der Waals surface area contributed by atoms with Gasteiger partial charge in [0.05, 0.1) is 29.8 Å². The topological polar surface area (TPSA) is 164 Å². The average molecular weight is 1160 g/mol. The average Bonchev–Trinajstić information content (AvgIpc) is 1.88. The number of amides is 1. The van der Waals surface area contributed by atoms with Crippen LogP contribution in [0.1, 0.15) is 128 Å². The molecule has 4 N–H and O–H groups in total. The van der Waals surface area contributed by atoms with Crippen LogP contribution in [0.5, 0.6) is 0 Å². The number of esters is 2. The SMILES string of the molecule is Cc1c(C)n(Cc2ccc(-c3ccccc3C(=O)OC(C)(C)C)cc2)c2ccc(C(=O)O)cc12.[C-]#[N+]c1ccc(CN)cc1.[C-]#[N+]c1ccc(CNC(=O)c2ccc3c(c2)c(C)c(C)n3Cc2ccc(-c3ccccc3C(=O)OC(C)(C)C)cc2)cc1. The first-order valence-corrected chi connectivity index (χ1v) is 28.6. The van der Waals surface area contributed by atoms with Crippen LogP contribution in [-0.4, -0.2) is 49.3 Å². The maximum absolute atomic E-state index is 13.0. The maximum atomic E-state index is 13.0. The molecule has 0 unspecified atom stereocenters. The maximum Gasteiger partial charge on any atom is 0.339 e. The number of carbonyl (C=O) groups excluding carboxylic acids is 3. The lowest BCUT2D eigenvalue weighted by atomic mass is 9.98. The molecule has 440 valence electrons. The Morgan fingerprint density at radius 3 is 1.28 bits per heavy atom. The zero-order chi connectivity index (χ0) is 62.7. The molecule has 0 aliphatic heterocycles. The standard InChI is InChI=1S/C37H35N3O3.C29H29NO4.C8H8N2/c1-24-25(2)40(34-20-17-29(21-33(24)34)35(41)39-22-26-13-18-30(38-6)19-14-26)23-27-11-15-28(16-12-27)31-9-7-8-10-32(31)36(42)43-37(3,4)5;1-18-19(2)30(26-15-14-22(27(31)32)16-25(18)26)17-20-10-12-21(13-11-20)23-8-6-7-9-24(23)28(33)34-29(3,4)5;1-10-8-4-2-7(6-9)3-5-8/h7-21H,22-23H2,1-5H3,(H,39,41);6-16H,17H2,1-5H3,(H,31,32);2-5H,6,9H2. The molecule has 0 fully saturated rings. The second-order valence-electron chi connectivity index (χ2n) is 23.3. The number of nitrogens with zero attached hydrogens (tertiary/aromatic N) is 4. The fourth-order valence-electron chi connectivity index (χ4n) is 10.1. The summed E-state index contributed by atoms with van der Waals surface area (Å²) in [5, 5.41) is 14.3. The van der Waals surface area contributed by atoms with Crippen molar-refractivity contribution in [3.63, 3.8) is 0 Å². The van der Waals surface area contributed by atoms with Crippen LogP contribution in [0, 0.1) is 40.8 Å². The molecular weight excluding hydrogens is 1080 g/mol. The summed E-state index contributed by atoms with van der Waals surface area (Å²) in [7, 11) is 0. The third kappa shape index (κ3) is 15.5. The molecule has 0 radical (unpaired) electrons. The molecule has 13 heteroatoms. The van der Waals surface area contributed by atoms with Crippen LogP contribution in [-0.2, 0) is 35.7 Å². The molecule has 0 bridgehead atoms. The predicted octanol–water partition coefficient (Wildman–Crippen LogP) is 16.7. The van der Waals surface area contributed by atoms with Gasteiger partial charge >= 0.3 is 17.9 Å². The van der Waals surface area contributed by atoms with Crippen molar-refractivity contribution < 1.29 is 33.8 Å². The number of carbonyl (C=O) groups is 4. The van der Waals surface area contributed by atoms with E-state index in [0.29, 0.717) is 59.8 Å². The first kappa shape index (κ1) is 62.7. The summed E-state index contributed by atoms with van der Waals surface area (Å²) in [5.74, 6) is -1.73. The van der Waals surface area contributed by atoms with Crippen LogP contribution in [0.3, 0.4) is 0 Å². The molecule has 0 saturated carbocycles. The zero-order valence-corrected chi connectivity index (χ0v) is 50.9. The van der Waals surface area contributed by atoms with Crippen molar-refractivity contribution in [2.45, 2.75) is 107 Å². The molecular formula is C74H72N6O7. The van der Waals surface area contributed by atoms with Crippen LogP contribution >= 0.6 is 0 Å². The highest BCUT2D eigenvalue weighted by Crippen LogP contribution is 2.32. The largest absolute Gasteiger partial charge is 0.478 e. The van der Waals surface area contributed by atoms with E-state index in [1.54, 1.807) is 48.5 Å². The van der Waals surface area contributed by atoms with E-state index >= 15 is 0 Å². The highest BCUT2D eigenvalue weighted by molar-refractivity contribution is 6.00. The van der Waals surface area contributed by atoms with Crippen molar-refractivity contribution in [1.29, 1.82) is 0 Å². The normalized spacial score (nSPS) is 11.1. The third-order valence-corrected chi connectivity index (χ3v) is 14.9. The van der Waals surface area contributed by atoms with Gasteiger partial charge < -0.3 is 34.8 Å². The van der Waals surface area contributed by atoms with Crippen molar-refractivity contribution >= 4 is 57.0 Å². The highest BCUT2D eigenvalue weighted by atomic mass is 16.6. The molecule has 2 aromatic heterocycles. The minimum atomic E-state index is -0.922. The predicted molar refractivity (Wildman–Crippen MR) is 347 cm³/mol. The Labute approximate surface area is 509 Å². The van der Waals surface area contributed by atoms with Crippen molar-refractivity contribution in [2.24, 2.45) is 5.73 Å². The number of hydrogen-bond acceptors (Lipinski definition) is 7. The van der Waals surface area contributed by atoms with E-state index in [9.17, 15) is 24.3 Å². The quantitative estimate of drug-likeness (QED) is 0.0759. The Bertz CT molecular complexity index is 4240. The van der Waals surface area contributed by atoms with E-state index in [0.717, 1.165) is 88.8 Å². The minimum Gasteiger partial charge on any atom is -0.478 e. The van der Waals surface area contributed by atoms with Gasteiger partial charge in [-0.25, -0.2) is 24.1 Å². The van der Waals surface area contributed by atoms with Gasteiger partial charge in [0.15, 0.2) is 11.4 Å². The molecule has 1 amide bonds. The molecule has 0 atom stereocenters. The summed E-state index contributed by atoms with van der Waals surface area (Å²) in [6, 6.07) is 57.1. The molecule has 10 aromatic rings. The molecule has 0 spiro atoms. The summed E-state index contributed by atoms with van der Waals surface area (Å²) >= 11 is 0. The summed E-state index contributed by atoms with van der Waals surface area (Å²) in [5.41, 5.74) is 21.9. The van der Waals surface area contributed by atoms with Crippen LogP contribution < -0.4 is 11.1 Å². The van der Waals surface area contributed by atoms with Gasteiger partial charge in [0.2, 0.25) is 0 Å². The first-order valence-electron chi connectivity index (χ1n) is 28.6. The van der Waals surface area contributed by atoms with E-state index in [1.165, 1.54) is 0 Å². The number of rotatable bonds is 13. The van der Waals surface area contributed by atoms with Gasteiger partial charge in [0.1, 0.15) is 11.2 Å². The van der Waals surface area contributed by atoms with E-state index < -0.39 is 17.2 Å². The van der Waals surface area contributed by atoms with Crippen LogP contribution in [0.4, 0.5) is 11.4 Å². The summed E-state index contributed by atoms with van der Waals surface area (Å²) in [4.78, 5) is 56.6. The Kier molecular flexibility index (Phi) is 19.6. The summed E-state index contributed by atoms with van der Waals surface area (Å²) < 4.78 is 15.7. The van der Waals surface area contributed by atoms with Gasteiger partial charge in [-0.05, 0) is 173 Å². The fourth-order valence-corrected chi connectivity index (χ4v) is 10.1. The molecule has 0 aliphatic carbocycles. The molecule has 10 rings (SSSR count). The van der Waals surface area contributed by atoms with Crippen molar-refractivity contribution in [2.75, 3.05) is 0 Å². The number of aromatic nitrogens is 2.